The summed E-state index contributed by atoms with van der Waals surface area (Å²) in [4.78, 5) is 15.6. The topological polar surface area (TPSA) is 58.8 Å². The van der Waals surface area contributed by atoms with Crippen molar-refractivity contribution in [2.24, 2.45) is 5.73 Å². The lowest BCUT2D eigenvalue weighted by Crippen LogP contribution is -2.29. The predicted octanol–water partition coefficient (Wildman–Crippen LogP) is 1.47. The zero-order chi connectivity index (χ0) is 15.9. The van der Waals surface area contributed by atoms with E-state index in [4.69, 9.17) is 10.5 Å². The van der Waals surface area contributed by atoms with Gasteiger partial charge in [0, 0.05) is 12.6 Å². The van der Waals surface area contributed by atoms with Crippen molar-refractivity contribution < 1.29 is 9.53 Å². The van der Waals surface area contributed by atoms with E-state index in [1.54, 1.807) is 0 Å². The molecule has 1 aromatic rings. The van der Waals surface area contributed by atoms with Gasteiger partial charge in [0.15, 0.2) is 6.61 Å². The Morgan fingerprint density at radius 3 is 2.91 bits per heavy atom. The normalized spacial score (nSPS) is 19.9. The number of likely N-dealkylation sites (tertiary alicyclic amines) is 1. The molecular formula is C17H27N3O2. The fraction of sp³-hybridized carbons (Fsp3) is 0.588. The van der Waals surface area contributed by atoms with Crippen molar-refractivity contribution in [3.63, 3.8) is 0 Å². The van der Waals surface area contributed by atoms with Crippen LogP contribution in [-0.4, -0.2) is 55.5 Å². The first-order valence-corrected chi connectivity index (χ1v) is 7.93. The Hall–Kier alpha value is -1.59. The second-order valence-corrected chi connectivity index (χ2v) is 6.23. The van der Waals surface area contributed by atoms with Crippen LogP contribution in [0.25, 0.3) is 0 Å². The van der Waals surface area contributed by atoms with E-state index in [-0.39, 0.29) is 6.61 Å². The van der Waals surface area contributed by atoms with Crippen LogP contribution in [0, 0.1) is 0 Å². The highest BCUT2D eigenvalue weighted by atomic mass is 16.5. The van der Waals surface area contributed by atoms with Crippen LogP contribution in [-0.2, 0) is 11.3 Å². The van der Waals surface area contributed by atoms with Gasteiger partial charge in [-0.05, 0) is 64.1 Å². The van der Waals surface area contributed by atoms with Gasteiger partial charge in [-0.25, -0.2) is 0 Å². The molecule has 0 aliphatic carbocycles. The molecule has 2 rings (SSSR count). The van der Waals surface area contributed by atoms with E-state index in [2.05, 4.69) is 30.0 Å². The van der Waals surface area contributed by atoms with Gasteiger partial charge in [0.25, 0.3) is 5.91 Å². The van der Waals surface area contributed by atoms with Crippen molar-refractivity contribution in [2.75, 3.05) is 33.8 Å². The number of benzene rings is 1. The minimum absolute atomic E-state index is 0.0717. The summed E-state index contributed by atoms with van der Waals surface area (Å²) >= 11 is 0. The first kappa shape index (κ1) is 16.8. The molecule has 1 aliphatic heterocycles. The van der Waals surface area contributed by atoms with E-state index < -0.39 is 5.91 Å². The molecule has 5 heteroatoms. The number of hydrogen-bond donors (Lipinski definition) is 1. The van der Waals surface area contributed by atoms with Crippen LogP contribution in [0.2, 0.25) is 0 Å². The zero-order valence-electron chi connectivity index (χ0n) is 13.6. The second kappa shape index (κ2) is 8.15. The molecule has 1 fully saturated rings. The minimum Gasteiger partial charge on any atom is -0.484 e. The van der Waals surface area contributed by atoms with Crippen molar-refractivity contribution in [2.45, 2.75) is 31.8 Å². The van der Waals surface area contributed by atoms with Gasteiger partial charge in [0.05, 0.1) is 0 Å². The number of hydrogen-bond acceptors (Lipinski definition) is 4. The fourth-order valence-corrected chi connectivity index (χ4v) is 2.96. The van der Waals surface area contributed by atoms with Crippen LogP contribution in [0.4, 0.5) is 0 Å². The number of amides is 1. The van der Waals surface area contributed by atoms with Crippen LogP contribution < -0.4 is 10.5 Å². The average molecular weight is 305 g/mol. The third kappa shape index (κ3) is 5.31. The molecule has 1 heterocycles. The number of primary amides is 1. The number of rotatable bonds is 6. The predicted molar refractivity (Wildman–Crippen MR) is 87.7 cm³/mol. The smallest absolute Gasteiger partial charge is 0.255 e. The molecule has 1 aliphatic rings. The summed E-state index contributed by atoms with van der Waals surface area (Å²) in [5.74, 6) is 0.255. The highest BCUT2D eigenvalue weighted by Crippen LogP contribution is 2.19. The van der Waals surface area contributed by atoms with E-state index >= 15 is 0 Å². The molecule has 0 saturated carbocycles. The average Bonchev–Trinajstić information content (AvgIpc) is 2.71. The van der Waals surface area contributed by atoms with Crippen LogP contribution in [0.1, 0.15) is 24.8 Å². The van der Waals surface area contributed by atoms with E-state index in [0.717, 1.165) is 19.6 Å². The van der Waals surface area contributed by atoms with Crippen LogP contribution in [0.5, 0.6) is 5.75 Å². The van der Waals surface area contributed by atoms with Gasteiger partial charge in [-0.15, -0.1) is 0 Å². The Bertz CT molecular complexity index is 491. The molecular weight excluding hydrogens is 278 g/mol. The summed E-state index contributed by atoms with van der Waals surface area (Å²) in [5, 5.41) is 0. The largest absolute Gasteiger partial charge is 0.484 e. The van der Waals surface area contributed by atoms with Gasteiger partial charge in [0.2, 0.25) is 0 Å². The summed E-state index contributed by atoms with van der Waals surface area (Å²) in [7, 11) is 4.33. The SMILES string of the molecule is CN(C)[C@@H]1CCCN(Cc2cccc(OCC(N)=O)c2)CC1. The quantitative estimate of drug-likeness (QED) is 0.864. The Labute approximate surface area is 133 Å². The molecule has 0 spiro atoms. The summed E-state index contributed by atoms with van der Waals surface area (Å²) in [6.45, 7) is 3.11. The third-order valence-electron chi connectivity index (χ3n) is 4.21. The maximum atomic E-state index is 10.8. The first-order chi connectivity index (χ1) is 10.5. The summed E-state index contributed by atoms with van der Waals surface area (Å²) < 4.78 is 5.37. The van der Waals surface area contributed by atoms with Gasteiger partial charge in [-0.1, -0.05) is 12.1 Å². The lowest BCUT2D eigenvalue weighted by atomic mass is 10.1. The van der Waals surface area contributed by atoms with E-state index in [1.807, 2.05) is 18.2 Å². The van der Waals surface area contributed by atoms with Crippen molar-refractivity contribution in [3.05, 3.63) is 29.8 Å². The molecule has 5 nitrogen and oxygen atoms in total. The zero-order valence-corrected chi connectivity index (χ0v) is 13.6. The first-order valence-electron chi connectivity index (χ1n) is 7.93. The van der Waals surface area contributed by atoms with E-state index in [9.17, 15) is 4.79 Å². The fourth-order valence-electron chi connectivity index (χ4n) is 2.96. The molecule has 1 saturated heterocycles. The highest BCUT2D eigenvalue weighted by molar-refractivity contribution is 5.75. The Morgan fingerprint density at radius 1 is 1.36 bits per heavy atom. The Balaban J connectivity index is 1.90. The van der Waals surface area contributed by atoms with Gasteiger partial charge in [-0.2, -0.15) is 0 Å². The minimum atomic E-state index is -0.451. The molecule has 122 valence electrons. The van der Waals surface area contributed by atoms with Gasteiger partial charge in [0.1, 0.15) is 5.75 Å². The van der Waals surface area contributed by atoms with Crippen LogP contribution >= 0.6 is 0 Å². The molecule has 0 bridgehead atoms. The van der Waals surface area contributed by atoms with E-state index in [1.165, 1.54) is 24.8 Å². The van der Waals surface area contributed by atoms with E-state index in [0.29, 0.717) is 11.8 Å². The number of ether oxygens (including phenoxy) is 1. The summed E-state index contributed by atoms with van der Waals surface area (Å²) in [6.07, 6.45) is 3.72. The highest BCUT2D eigenvalue weighted by Gasteiger charge is 2.18. The van der Waals surface area contributed by atoms with Crippen molar-refractivity contribution in [1.29, 1.82) is 0 Å². The molecule has 2 N–H and O–H groups in total. The standard InChI is InChI=1S/C17H27N3O2/c1-19(2)15-6-4-9-20(10-8-15)12-14-5-3-7-16(11-14)22-13-17(18)21/h3,5,7,11,15H,4,6,8-10,12-13H2,1-2H3,(H2,18,21)/t15-/m1/s1. The summed E-state index contributed by atoms with van der Waals surface area (Å²) in [6, 6.07) is 8.61. The molecule has 1 amide bonds. The lowest BCUT2D eigenvalue weighted by Gasteiger charge is -2.23. The molecule has 22 heavy (non-hydrogen) atoms. The maximum absolute atomic E-state index is 10.8. The number of nitrogens with two attached hydrogens (primary N) is 1. The molecule has 1 atom stereocenters. The van der Waals surface area contributed by atoms with Gasteiger partial charge >= 0.3 is 0 Å². The Kier molecular flexibility index (Phi) is 6.21. The number of carbonyl (C=O) groups is 1. The monoisotopic (exact) mass is 305 g/mol. The number of nitrogens with zero attached hydrogens (tertiary/aromatic N) is 2. The summed E-state index contributed by atoms with van der Waals surface area (Å²) in [5.41, 5.74) is 6.32. The molecule has 0 unspecified atom stereocenters. The van der Waals surface area contributed by atoms with Crippen molar-refractivity contribution >= 4 is 5.91 Å². The maximum Gasteiger partial charge on any atom is 0.255 e. The molecule has 0 aromatic heterocycles. The lowest BCUT2D eigenvalue weighted by molar-refractivity contribution is -0.119. The van der Waals surface area contributed by atoms with Crippen molar-refractivity contribution in [1.82, 2.24) is 9.80 Å². The van der Waals surface area contributed by atoms with Crippen LogP contribution in [0.15, 0.2) is 24.3 Å². The third-order valence-corrected chi connectivity index (χ3v) is 4.21. The van der Waals surface area contributed by atoms with Crippen molar-refractivity contribution in [3.8, 4) is 5.75 Å². The second-order valence-electron chi connectivity index (χ2n) is 6.23. The molecule has 0 radical (unpaired) electrons. The molecule has 1 aromatic carbocycles. The van der Waals surface area contributed by atoms with Gasteiger partial charge < -0.3 is 15.4 Å². The number of carbonyl (C=O) groups excluding carboxylic acids is 1. The van der Waals surface area contributed by atoms with Gasteiger partial charge in [-0.3, -0.25) is 9.69 Å². The Morgan fingerprint density at radius 2 is 2.18 bits per heavy atom. The van der Waals surface area contributed by atoms with Crippen LogP contribution in [0.3, 0.4) is 0 Å².